The van der Waals surface area contributed by atoms with Crippen LogP contribution < -0.4 is 0 Å². The van der Waals surface area contributed by atoms with Gasteiger partial charge in [0, 0.05) is 0 Å². The molecule has 0 aliphatic rings. The van der Waals surface area contributed by atoms with Crippen molar-refractivity contribution in [2.24, 2.45) is 0 Å². The molecule has 0 aromatic rings. The summed E-state index contributed by atoms with van der Waals surface area (Å²) in [6.45, 7) is 17.2. The molecule has 0 aliphatic heterocycles. The topological polar surface area (TPSA) is 30.0 Å². The molecule has 0 bridgehead atoms. The Morgan fingerprint density at radius 2 is 0.714 bits per heavy atom. The first kappa shape index (κ1) is 29.4. The zero-order chi connectivity index (χ0) is 10.2. The third kappa shape index (κ3) is 122. The van der Waals surface area contributed by atoms with E-state index in [0.717, 1.165) is 19.3 Å². The second kappa shape index (κ2) is 48.8. The van der Waals surface area contributed by atoms with Gasteiger partial charge in [-0.1, -0.05) is 40.0 Å². The Morgan fingerprint density at radius 3 is 0.714 bits per heavy atom. The summed E-state index contributed by atoms with van der Waals surface area (Å²) in [5.74, 6) is 0. The van der Waals surface area contributed by atoms with Crippen molar-refractivity contribution >= 4 is 0 Å². The van der Waals surface area contributed by atoms with Crippen LogP contribution in [-0.4, -0.2) is 5.48 Å². The van der Waals surface area contributed by atoms with Gasteiger partial charge in [0.15, 0.2) is 0 Å². The molecule has 86 valence electrons. The van der Waals surface area contributed by atoms with E-state index in [1.54, 1.807) is 0 Å². The third-order valence-electron chi connectivity index (χ3n) is 1.06. The number of unbranched alkanes of at least 4 members (excludes halogenated alkanes) is 3. The van der Waals surface area contributed by atoms with Gasteiger partial charge < -0.3 is 26.2 Å². The Labute approximate surface area is 111 Å². The fourth-order valence-corrected chi connectivity index (χ4v) is 0. The van der Waals surface area contributed by atoms with Crippen molar-refractivity contribution in [2.45, 2.75) is 59.3 Å². The number of hydrogen-bond acceptors (Lipinski definition) is 1. The molecular formula is C12H28OZr. The summed E-state index contributed by atoms with van der Waals surface area (Å²) in [5, 5.41) is 0. The average Bonchev–Trinajstić information content (AvgIpc) is 2.18. The molecule has 0 saturated heterocycles. The van der Waals surface area contributed by atoms with Gasteiger partial charge in [-0.15, -0.1) is 0 Å². The summed E-state index contributed by atoms with van der Waals surface area (Å²) >= 11 is 0. The van der Waals surface area contributed by atoms with Gasteiger partial charge >= 0.3 is 26.2 Å². The minimum atomic E-state index is 0. The van der Waals surface area contributed by atoms with E-state index in [-0.39, 0.29) is 31.7 Å². The summed E-state index contributed by atoms with van der Waals surface area (Å²) < 4.78 is 0. The van der Waals surface area contributed by atoms with E-state index in [9.17, 15) is 0 Å². The van der Waals surface area contributed by atoms with Crippen LogP contribution in [0, 0.1) is 20.8 Å². The summed E-state index contributed by atoms with van der Waals surface area (Å²) in [5.41, 5.74) is 0. The first-order valence-corrected chi connectivity index (χ1v) is 5.12. The second-order valence-corrected chi connectivity index (χ2v) is 2.56. The zero-order valence-electron chi connectivity index (χ0n) is 10.3. The van der Waals surface area contributed by atoms with Crippen molar-refractivity contribution in [2.75, 3.05) is 0 Å². The molecule has 0 radical (unpaired) electrons. The smallest absolute Gasteiger partial charge is 0.870 e. The van der Waals surface area contributed by atoms with Crippen molar-refractivity contribution in [1.29, 1.82) is 0 Å². The van der Waals surface area contributed by atoms with Gasteiger partial charge in [-0.2, -0.15) is 19.3 Å². The molecule has 1 nitrogen and oxygen atoms in total. The first-order valence-electron chi connectivity index (χ1n) is 5.12. The Morgan fingerprint density at radius 1 is 0.643 bits per heavy atom. The van der Waals surface area contributed by atoms with Gasteiger partial charge in [0.2, 0.25) is 0 Å². The van der Waals surface area contributed by atoms with Crippen molar-refractivity contribution in [3.8, 4) is 0 Å². The third-order valence-corrected chi connectivity index (χ3v) is 1.06. The average molecular weight is 280 g/mol. The van der Waals surface area contributed by atoms with E-state index >= 15 is 0 Å². The van der Waals surface area contributed by atoms with Crippen LogP contribution in [-0.2, 0) is 26.2 Å². The molecule has 0 aliphatic carbocycles. The Bertz CT molecular complexity index is 25.8. The molecule has 2 heteroatoms. The molecule has 0 aromatic carbocycles. The van der Waals surface area contributed by atoms with Gasteiger partial charge in [0.05, 0.1) is 0 Å². The Balaban J connectivity index is -0.0000000270. The van der Waals surface area contributed by atoms with Gasteiger partial charge in [-0.3, -0.25) is 0 Å². The minimum absolute atomic E-state index is 0. The maximum atomic E-state index is 3.60. The molecule has 0 unspecified atom stereocenters. The predicted molar refractivity (Wildman–Crippen MR) is 62.7 cm³/mol. The van der Waals surface area contributed by atoms with E-state index in [0.29, 0.717) is 0 Å². The number of rotatable bonds is 3. The molecule has 0 saturated carbocycles. The van der Waals surface area contributed by atoms with Crippen LogP contribution in [0.2, 0.25) is 0 Å². The molecule has 0 rings (SSSR count). The molecule has 0 heterocycles. The normalized spacial score (nSPS) is 6.43. The van der Waals surface area contributed by atoms with Gasteiger partial charge in [-0.25, -0.2) is 0 Å². The Hall–Kier alpha value is 0.843. The second-order valence-electron chi connectivity index (χ2n) is 2.56. The van der Waals surface area contributed by atoms with Crippen molar-refractivity contribution in [1.82, 2.24) is 0 Å². The van der Waals surface area contributed by atoms with Crippen LogP contribution in [0.4, 0.5) is 0 Å². The molecule has 14 heavy (non-hydrogen) atoms. The van der Waals surface area contributed by atoms with Crippen LogP contribution in [0.25, 0.3) is 0 Å². The quantitative estimate of drug-likeness (QED) is 0.690. The van der Waals surface area contributed by atoms with E-state index in [1.165, 1.54) is 19.3 Å². The van der Waals surface area contributed by atoms with Gasteiger partial charge in [0.1, 0.15) is 0 Å². The van der Waals surface area contributed by atoms with Crippen LogP contribution in [0.5, 0.6) is 0 Å². The monoisotopic (exact) mass is 278 g/mol. The van der Waals surface area contributed by atoms with Gasteiger partial charge in [-0.05, 0) is 0 Å². The van der Waals surface area contributed by atoms with Crippen molar-refractivity contribution in [3.05, 3.63) is 20.8 Å². The molecule has 1 N–H and O–H groups in total. The maximum Gasteiger partial charge on any atom is 4.00 e. The summed E-state index contributed by atoms with van der Waals surface area (Å²) in [4.78, 5) is 0. The number of hydrogen-bond donors (Lipinski definition) is 0. The fourth-order valence-electron chi connectivity index (χ4n) is 0. The van der Waals surface area contributed by atoms with E-state index in [1.807, 2.05) is 0 Å². The van der Waals surface area contributed by atoms with Crippen LogP contribution in [0.1, 0.15) is 59.3 Å². The minimum Gasteiger partial charge on any atom is -0.870 e. The Kier molecular flexibility index (Phi) is 102. The van der Waals surface area contributed by atoms with Gasteiger partial charge in [0.25, 0.3) is 0 Å². The molecule has 0 spiro atoms. The van der Waals surface area contributed by atoms with Crippen LogP contribution in [0.3, 0.4) is 0 Å². The molecule has 0 fully saturated rings. The molecule has 0 atom stereocenters. The van der Waals surface area contributed by atoms with E-state index in [4.69, 9.17) is 0 Å². The first-order chi connectivity index (χ1) is 5.74. The molecule has 0 amide bonds. The van der Waals surface area contributed by atoms with Crippen molar-refractivity contribution < 1.29 is 31.7 Å². The molecule has 0 aromatic heterocycles. The summed E-state index contributed by atoms with van der Waals surface area (Å²) in [6.07, 6.45) is 6.83. The van der Waals surface area contributed by atoms with Crippen LogP contribution in [0.15, 0.2) is 0 Å². The van der Waals surface area contributed by atoms with Crippen LogP contribution >= 0.6 is 0 Å². The summed E-state index contributed by atoms with van der Waals surface area (Å²) in [6, 6.07) is 0. The fraction of sp³-hybridized carbons (Fsp3) is 0.750. The standard InChI is InChI=1S/3C4H9.H2O.Zr/c3*1-3-4-2;;/h3*1,3-4H2,2H3;1H2;/q3*-1;;+4/p-1. The predicted octanol–water partition coefficient (Wildman–Crippen LogP) is 4.68. The van der Waals surface area contributed by atoms with E-state index < -0.39 is 0 Å². The van der Waals surface area contributed by atoms with Crippen molar-refractivity contribution in [3.63, 3.8) is 0 Å². The zero-order valence-corrected chi connectivity index (χ0v) is 12.8. The maximum absolute atomic E-state index is 3.60. The largest absolute Gasteiger partial charge is 4.00 e. The van der Waals surface area contributed by atoms with E-state index in [2.05, 4.69) is 41.5 Å². The summed E-state index contributed by atoms with van der Waals surface area (Å²) in [7, 11) is 0. The molecular weight excluding hydrogens is 251 g/mol. The SMILES string of the molecule is [CH2-]CCC.[CH2-]CCC.[CH2-]CCC.[OH-].[Zr+4].